The zero-order valence-corrected chi connectivity index (χ0v) is 12.7. The standard InChI is InChI=1S/C16H17NO3.ClH/c1-11-5-3-4-6-13(11)15-9-12(10-17-19)7-8-14(15)16(18)20-2;/h3-9,17,19H,10H2,1-2H3;1H. The fraction of sp³-hybridized carbons (Fsp3) is 0.188. The minimum absolute atomic E-state index is 0. The Morgan fingerprint density at radius 3 is 2.52 bits per heavy atom. The van der Waals surface area contributed by atoms with E-state index in [9.17, 15) is 4.79 Å². The normalized spacial score (nSPS) is 9.86. The van der Waals surface area contributed by atoms with Crippen molar-refractivity contribution in [3.05, 3.63) is 59.2 Å². The SMILES string of the molecule is COC(=O)c1ccc(CNO)cc1-c1ccccc1C.Cl. The highest BCUT2D eigenvalue weighted by Gasteiger charge is 2.15. The van der Waals surface area contributed by atoms with E-state index in [-0.39, 0.29) is 18.4 Å². The summed E-state index contributed by atoms with van der Waals surface area (Å²) in [5.41, 5.74) is 6.39. The second-order valence-electron chi connectivity index (χ2n) is 4.52. The maximum atomic E-state index is 11.9. The Kier molecular flexibility index (Phi) is 6.37. The third-order valence-corrected chi connectivity index (χ3v) is 3.21. The molecular formula is C16H18ClNO3. The number of halogens is 1. The van der Waals surface area contributed by atoms with Gasteiger partial charge >= 0.3 is 5.97 Å². The number of methoxy groups -OCH3 is 1. The number of nitrogens with one attached hydrogen (secondary N) is 1. The predicted molar refractivity (Wildman–Crippen MR) is 83.8 cm³/mol. The maximum absolute atomic E-state index is 11.9. The molecule has 0 saturated heterocycles. The number of esters is 1. The molecule has 0 atom stereocenters. The second-order valence-corrected chi connectivity index (χ2v) is 4.52. The Hall–Kier alpha value is -1.88. The molecule has 21 heavy (non-hydrogen) atoms. The molecule has 0 unspecified atom stereocenters. The number of aryl methyl sites for hydroxylation is 1. The Morgan fingerprint density at radius 2 is 1.90 bits per heavy atom. The topological polar surface area (TPSA) is 58.6 Å². The van der Waals surface area contributed by atoms with Crippen LogP contribution in [0.1, 0.15) is 21.5 Å². The number of hydrogen-bond donors (Lipinski definition) is 2. The molecule has 0 bridgehead atoms. The average molecular weight is 308 g/mol. The largest absolute Gasteiger partial charge is 0.465 e. The van der Waals surface area contributed by atoms with Gasteiger partial charge in [-0.3, -0.25) is 0 Å². The molecule has 0 radical (unpaired) electrons. The molecule has 4 nitrogen and oxygen atoms in total. The van der Waals surface area contributed by atoms with Crippen LogP contribution in [0.3, 0.4) is 0 Å². The third-order valence-electron chi connectivity index (χ3n) is 3.21. The van der Waals surface area contributed by atoms with Gasteiger partial charge in [-0.05, 0) is 41.3 Å². The van der Waals surface area contributed by atoms with Crippen molar-refractivity contribution in [1.82, 2.24) is 5.48 Å². The number of carbonyl (C=O) groups is 1. The zero-order chi connectivity index (χ0) is 14.5. The molecule has 0 aromatic heterocycles. The summed E-state index contributed by atoms with van der Waals surface area (Å²) < 4.78 is 4.83. The monoisotopic (exact) mass is 307 g/mol. The number of benzene rings is 2. The van der Waals surface area contributed by atoms with Crippen molar-refractivity contribution in [2.75, 3.05) is 7.11 Å². The van der Waals surface area contributed by atoms with Gasteiger partial charge in [0.1, 0.15) is 0 Å². The van der Waals surface area contributed by atoms with E-state index in [0.717, 1.165) is 22.3 Å². The lowest BCUT2D eigenvalue weighted by Gasteiger charge is -2.12. The van der Waals surface area contributed by atoms with Crippen molar-refractivity contribution < 1.29 is 14.7 Å². The number of ether oxygens (including phenoxy) is 1. The van der Waals surface area contributed by atoms with Crippen molar-refractivity contribution in [1.29, 1.82) is 0 Å². The number of hydroxylamine groups is 1. The van der Waals surface area contributed by atoms with Gasteiger partial charge in [-0.2, -0.15) is 0 Å². The van der Waals surface area contributed by atoms with Gasteiger partial charge in [-0.15, -0.1) is 12.4 Å². The minimum atomic E-state index is -0.369. The Morgan fingerprint density at radius 1 is 1.19 bits per heavy atom. The summed E-state index contributed by atoms with van der Waals surface area (Å²) in [6.07, 6.45) is 0. The van der Waals surface area contributed by atoms with Gasteiger partial charge in [0, 0.05) is 6.54 Å². The van der Waals surface area contributed by atoms with E-state index in [1.807, 2.05) is 37.3 Å². The van der Waals surface area contributed by atoms with Crippen LogP contribution in [0.15, 0.2) is 42.5 Å². The highest BCUT2D eigenvalue weighted by Crippen LogP contribution is 2.28. The molecule has 2 N–H and O–H groups in total. The van der Waals surface area contributed by atoms with E-state index >= 15 is 0 Å². The van der Waals surface area contributed by atoms with E-state index in [2.05, 4.69) is 5.48 Å². The van der Waals surface area contributed by atoms with E-state index < -0.39 is 0 Å². The van der Waals surface area contributed by atoms with Crippen molar-refractivity contribution >= 4 is 18.4 Å². The highest BCUT2D eigenvalue weighted by molar-refractivity contribution is 5.97. The molecule has 0 fully saturated rings. The van der Waals surface area contributed by atoms with Gasteiger partial charge in [0.05, 0.1) is 12.7 Å². The lowest BCUT2D eigenvalue weighted by Crippen LogP contribution is -2.09. The van der Waals surface area contributed by atoms with Crippen LogP contribution in [0.2, 0.25) is 0 Å². The molecule has 0 aliphatic rings. The van der Waals surface area contributed by atoms with Crippen molar-refractivity contribution in [2.45, 2.75) is 13.5 Å². The first kappa shape index (κ1) is 17.2. The quantitative estimate of drug-likeness (QED) is 0.672. The molecule has 112 valence electrons. The fourth-order valence-corrected chi connectivity index (χ4v) is 2.18. The van der Waals surface area contributed by atoms with E-state index in [1.54, 1.807) is 12.1 Å². The fourth-order valence-electron chi connectivity index (χ4n) is 2.18. The first-order valence-corrected chi connectivity index (χ1v) is 6.31. The van der Waals surface area contributed by atoms with Crippen LogP contribution in [0.4, 0.5) is 0 Å². The maximum Gasteiger partial charge on any atom is 0.338 e. The third kappa shape index (κ3) is 3.82. The first-order chi connectivity index (χ1) is 9.67. The zero-order valence-electron chi connectivity index (χ0n) is 11.9. The molecular weight excluding hydrogens is 290 g/mol. The Balaban J connectivity index is 0.00000220. The Bertz CT molecular complexity index is 629. The van der Waals surface area contributed by atoms with Crippen LogP contribution in [0.5, 0.6) is 0 Å². The highest BCUT2D eigenvalue weighted by atomic mass is 35.5. The van der Waals surface area contributed by atoms with Crippen molar-refractivity contribution in [2.24, 2.45) is 0 Å². The molecule has 0 heterocycles. The van der Waals surface area contributed by atoms with Crippen LogP contribution in [0, 0.1) is 6.92 Å². The Labute approximate surface area is 130 Å². The van der Waals surface area contributed by atoms with Crippen LogP contribution >= 0.6 is 12.4 Å². The van der Waals surface area contributed by atoms with Gasteiger partial charge in [0.25, 0.3) is 0 Å². The summed E-state index contributed by atoms with van der Waals surface area (Å²) in [4.78, 5) is 11.9. The van der Waals surface area contributed by atoms with Gasteiger partial charge < -0.3 is 9.94 Å². The van der Waals surface area contributed by atoms with E-state index in [1.165, 1.54) is 7.11 Å². The predicted octanol–water partition coefficient (Wildman–Crippen LogP) is 3.35. The van der Waals surface area contributed by atoms with Crippen LogP contribution in [-0.2, 0) is 11.3 Å². The second kappa shape index (κ2) is 7.78. The summed E-state index contributed by atoms with van der Waals surface area (Å²) in [6, 6.07) is 13.2. The van der Waals surface area contributed by atoms with Crippen LogP contribution < -0.4 is 5.48 Å². The molecule has 0 aliphatic heterocycles. The van der Waals surface area contributed by atoms with Crippen LogP contribution in [0.25, 0.3) is 11.1 Å². The number of rotatable bonds is 4. The van der Waals surface area contributed by atoms with Crippen LogP contribution in [-0.4, -0.2) is 18.3 Å². The summed E-state index contributed by atoms with van der Waals surface area (Å²) in [6.45, 7) is 2.31. The molecule has 0 saturated carbocycles. The van der Waals surface area contributed by atoms with Gasteiger partial charge in [0.15, 0.2) is 0 Å². The van der Waals surface area contributed by atoms with Gasteiger partial charge in [-0.1, -0.05) is 30.3 Å². The summed E-state index contributed by atoms with van der Waals surface area (Å²) >= 11 is 0. The van der Waals surface area contributed by atoms with Gasteiger partial charge in [0.2, 0.25) is 0 Å². The lowest BCUT2D eigenvalue weighted by molar-refractivity contribution is 0.0601. The molecule has 0 aliphatic carbocycles. The average Bonchev–Trinajstić information content (AvgIpc) is 2.47. The van der Waals surface area contributed by atoms with E-state index in [4.69, 9.17) is 9.94 Å². The molecule has 2 aromatic rings. The molecule has 2 rings (SSSR count). The molecule has 5 heteroatoms. The van der Waals surface area contributed by atoms with E-state index in [0.29, 0.717) is 12.1 Å². The van der Waals surface area contributed by atoms with Crippen molar-refractivity contribution in [3.63, 3.8) is 0 Å². The lowest BCUT2D eigenvalue weighted by atomic mass is 9.94. The molecule has 0 spiro atoms. The first-order valence-electron chi connectivity index (χ1n) is 6.31. The smallest absolute Gasteiger partial charge is 0.338 e. The van der Waals surface area contributed by atoms with Gasteiger partial charge in [-0.25, -0.2) is 10.3 Å². The summed E-state index contributed by atoms with van der Waals surface area (Å²) in [5, 5.41) is 8.82. The molecule has 2 aromatic carbocycles. The summed E-state index contributed by atoms with van der Waals surface area (Å²) in [5.74, 6) is -0.369. The number of hydrogen-bond acceptors (Lipinski definition) is 4. The molecule has 0 amide bonds. The minimum Gasteiger partial charge on any atom is -0.465 e. The van der Waals surface area contributed by atoms with Crippen molar-refractivity contribution in [3.8, 4) is 11.1 Å². The number of carbonyl (C=O) groups excluding carboxylic acids is 1. The summed E-state index contributed by atoms with van der Waals surface area (Å²) in [7, 11) is 1.37.